The first kappa shape index (κ1) is 45.4. The van der Waals surface area contributed by atoms with Crippen molar-refractivity contribution in [1.29, 1.82) is 0 Å². The Hall–Kier alpha value is -5.64. The first-order valence-electron chi connectivity index (χ1n) is 19.6. The monoisotopic (exact) mass is 918 g/mol. The third-order valence-corrected chi connectivity index (χ3v) is 11.0. The second-order valence-corrected chi connectivity index (χ2v) is 16.4. The average molecular weight is 919 g/mol. The number of carbonyl (C=O) groups is 2. The quantitative estimate of drug-likeness (QED) is 0.0508. The van der Waals surface area contributed by atoms with Crippen LogP contribution in [0.2, 0.25) is 5.15 Å². The number of aliphatic hydroxyl groups excluding tert-OH is 2. The minimum atomic E-state index is -4.74. The number of carbonyl (C=O) groups excluding carboxylic acids is 2. The van der Waals surface area contributed by atoms with Crippen LogP contribution in [0.3, 0.4) is 0 Å². The number of hydrogen-bond acceptors (Lipinski definition) is 11. The van der Waals surface area contributed by atoms with Crippen molar-refractivity contribution in [2.24, 2.45) is 0 Å². The summed E-state index contributed by atoms with van der Waals surface area (Å²) in [6.45, 7) is 2.20. The number of anilines is 2. The van der Waals surface area contributed by atoms with Gasteiger partial charge in [-0.15, -0.1) is 11.8 Å². The van der Waals surface area contributed by atoms with Gasteiger partial charge in [-0.3, -0.25) is 9.59 Å². The van der Waals surface area contributed by atoms with Gasteiger partial charge in [0.2, 0.25) is 0 Å². The molecule has 334 valence electrons. The van der Waals surface area contributed by atoms with Crippen LogP contribution in [-0.4, -0.2) is 107 Å². The van der Waals surface area contributed by atoms with Gasteiger partial charge >= 0.3 is 12.4 Å². The fourth-order valence-corrected chi connectivity index (χ4v) is 7.00. The van der Waals surface area contributed by atoms with Crippen LogP contribution in [0.1, 0.15) is 57.5 Å². The first-order valence-corrected chi connectivity index (χ1v) is 21.2. The number of amides is 2. The number of imidazole rings is 2. The number of nitrogens with zero attached hydrogens (tertiary/aromatic N) is 6. The summed E-state index contributed by atoms with van der Waals surface area (Å²) in [5.74, 6) is -0.229. The Balaban J connectivity index is 0.000000189. The number of halogens is 7. The normalized spacial score (nSPS) is 15.1. The van der Waals surface area contributed by atoms with Crippen LogP contribution in [0, 0.1) is 13.8 Å². The fraction of sp³-hybridized carbons (Fsp3) is 0.366. The number of benzene rings is 2. The minimum absolute atomic E-state index is 0.0351. The van der Waals surface area contributed by atoms with Crippen LogP contribution < -0.4 is 21.3 Å². The van der Waals surface area contributed by atoms with Gasteiger partial charge in [-0.1, -0.05) is 23.7 Å². The summed E-state index contributed by atoms with van der Waals surface area (Å²) in [7, 11) is 0. The number of fused-ring (bicyclic) bond motifs is 2. The summed E-state index contributed by atoms with van der Waals surface area (Å²) in [6, 6.07) is 14.1. The number of aliphatic hydroxyl groups is 2. The van der Waals surface area contributed by atoms with Gasteiger partial charge in [-0.25, -0.2) is 19.0 Å². The van der Waals surface area contributed by atoms with E-state index < -0.39 is 37.7 Å². The molecule has 6 aromatic rings. The smallest absolute Gasteiger partial charge is 0.382 e. The molecular weight excluding hydrogens is 878 g/mol. The molecule has 0 bridgehead atoms. The van der Waals surface area contributed by atoms with Crippen LogP contribution >= 0.6 is 23.4 Å². The highest BCUT2D eigenvalue weighted by Crippen LogP contribution is 2.31. The lowest BCUT2D eigenvalue weighted by Gasteiger charge is -2.16. The number of hydrogen-bond donors (Lipinski definition) is 6. The van der Waals surface area contributed by atoms with Crippen molar-refractivity contribution in [3.8, 4) is 22.5 Å². The Bertz CT molecular complexity index is 2670. The molecule has 4 heterocycles. The number of alkyl halides is 6. The van der Waals surface area contributed by atoms with E-state index in [0.717, 1.165) is 42.4 Å². The molecule has 14 nitrogen and oxygen atoms in total. The van der Waals surface area contributed by atoms with E-state index in [1.54, 1.807) is 47.3 Å². The van der Waals surface area contributed by atoms with Crippen LogP contribution in [0.15, 0.2) is 66.0 Å². The Labute approximate surface area is 364 Å². The van der Waals surface area contributed by atoms with Crippen molar-refractivity contribution >= 4 is 57.8 Å². The Kier molecular flexibility index (Phi) is 13.1. The standard InChI is InChI=1S/C21H22F3N5O2S.C20H19ClF3N5O2/c1-11-7-12(3-6-14(11)20(31)27-13-4-5-13)16-9-26-19-15(8-18(32-2)28-29(16)19)25-10-17(30)21(22,23)24;1-10-6-11(2-5-13(10)19(31)27-12-3-4-12)15-8-26-18-14(7-17(21)28-29(15)18)25-9-16(30)20(22,23)24/h3,6-9,13,17,25,30H,4-5,10H2,1-2H3,(H,27,31);2,5-8,12,16,25,30H,3-4,9H2,1H3,(H,27,31). The second kappa shape index (κ2) is 18.2. The van der Waals surface area contributed by atoms with E-state index in [-0.39, 0.29) is 40.4 Å². The molecule has 6 N–H and O–H groups in total. The van der Waals surface area contributed by atoms with Gasteiger partial charge in [0.05, 0.1) is 35.2 Å². The van der Waals surface area contributed by atoms with E-state index in [4.69, 9.17) is 11.6 Å². The summed E-state index contributed by atoms with van der Waals surface area (Å²) in [5, 5.41) is 39.0. The summed E-state index contributed by atoms with van der Waals surface area (Å²) >= 11 is 7.39. The van der Waals surface area contributed by atoms with Gasteiger partial charge in [0.1, 0.15) is 5.03 Å². The lowest BCUT2D eigenvalue weighted by molar-refractivity contribution is -0.199. The molecule has 2 atom stereocenters. The van der Waals surface area contributed by atoms with E-state index in [1.165, 1.54) is 28.5 Å². The SMILES string of the molecule is CSc1cc(NCC(O)C(F)(F)F)c2ncc(-c3ccc(C(=O)NC4CC4)c(C)c3)n2n1.Cc1cc(-c2cnc3c(NCC(O)C(F)(F)F)cc(Cl)nn23)ccc1C(=O)NC1CC1. The Morgan fingerprint density at radius 2 is 1.16 bits per heavy atom. The van der Waals surface area contributed by atoms with Gasteiger partial charge in [-0.05, 0) is 87.2 Å². The lowest BCUT2D eigenvalue weighted by Crippen LogP contribution is -2.35. The molecular formula is C41H41ClF6N10O4S. The average Bonchev–Trinajstić information content (AvgIpc) is 4.14. The topological polar surface area (TPSA) is 183 Å². The molecule has 0 spiro atoms. The molecule has 2 amide bonds. The van der Waals surface area contributed by atoms with Crippen molar-refractivity contribution in [2.75, 3.05) is 30.0 Å². The molecule has 2 aliphatic rings. The van der Waals surface area contributed by atoms with Crippen LogP contribution in [0.25, 0.3) is 33.8 Å². The van der Waals surface area contributed by atoms with Crippen LogP contribution in [-0.2, 0) is 0 Å². The highest BCUT2D eigenvalue weighted by molar-refractivity contribution is 7.98. The number of aryl methyl sites for hydroxylation is 2. The highest BCUT2D eigenvalue weighted by Gasteiger charge is 2.39. The van der Waals surface area contributed by atoms with Gasteiger partial charge in [0, 0.05) is 53.5 Å². The van der Waals surface area contributed by atoms with Gasteiger partial charge in [-0.2, -0.15) is 36.5 Å². The number of rotatable bonds is 13. The van der Waals surface area contributed by atoms with E-state index in [0.29, 0.717) is 44.4 Å². The zero-order valence-electron chi connectivity index (χ0n) is 33.8. The third-order valence-electron chi connectivity index (χ3n) is 10.2. The van der Waals surface area contributed by atoms with E-state index in [9.17, 15) is 46.1 Å². The predicted octanol–water partition coefficient (Wildman–Crippen LogP) is 7.24. The molecule has 0 saturated heterocycles. The summed E-state index contributed by atoms with van der Waals surface area (Å²) in [6.07, 6.45) is -5.60. The molecule has 2 saturated carbocycles. The van der Waals surface area contributed by atoms with E-state index in [1.807, 2.05) is 26.0 Å². The minimum Gasteiger partial charge on any atom is -0.382 e. The zero-order chi connectivity index (χ0) is 45.4. The molecule has 2 aliphatic carbocycles. The second-order valence-electron chi connectivity index (χ2n) is 15.2. The van der Waals surface area contributed by atoms with Crippen molar-refractivity contribution in [1.82, 2.24) is 39.8 Å². The molecule has 22 heteroatoms. The number of nitrogens with one attached hydrogen (secondary N) is 4. The number of thioether (sulfide) groups is 1. The third kappa shape index (κ3) is 10.8. The number of aromatic nitrogens is 6. The van der Waals surface area contributed by atoms with E-state index in [2.05, 4.69) is 41.4 Å². The van der Waals surface area contributed by atoms with Gasteiger partial charge < -0.3 is 31.5 Å². The Morgan fingerprint density at radius 3 is 1.56 bits per heavy atom. The summed E-state index contributed by atoms with van der Waals surface area (Å²) in [5.41, 5.74) is 6.50. The first-order chi connectivity index (χ1) is 29.8. The largest absolute Gasteiger partial charge is 0.416 e. The molecule has 0 aliphatic heterocycles. The maximum absolute atomic E-state index is 12.7. The molecule has 4 aromatic heterocycles. The van der Waals surface area contributed by atoms with Crippen molar-refractivity contribution in [3.63, 3.8) is 0 Å². The molecule has 2 unspecified atom stereocenters. The van der Waals surface area contributed by atoms with Crippen molar-refractivity contribution < 1.29 is 46.1 Å². The maximum atomic E-state index is 12.7. The van der Waals surface area contributed by atoms with Crippen LogP contribution in [0.4, 0.5) is 37.7 Å². The zero-order valence-corrected chi connectivity index (χ0v) is 35.3. The summed E-state index contributed by atoms with van der Waals surface area (Å²) < 4.78 is 78.8. The van der Waals surface area contributed by atoms with Crippen LogP contribution in [0.5, 0.6) is 0 Å². The van der Waals surface area contributed by atoms with E-state index >= 15 is 0 Å². The Morgan fingerprint density at radius 1 is 0.730 bits per heavy atom. The molecule has 63 heavy (non-hydrogen) atoms. The molecule has 0 radical (unpaired) electrons. The summed E-state index contributed by atoms with van der Waals surface area (Å²) in [4.78, 5) is 33.3. The predicted molar refractivity (Wildman–Crippen MR) is 225 cm³/mol. The lowest BCUT2D eigenvalue weighted by atomic mass is 10.0. The van der Waals surface area contributed by atoms with Gasteiger partial charge in [0.25, 0.3) is 11.8 Å². The maximum Gasteiger partial charge on any atom is 0.416 e. The molecule has 2 aromatic carbocycles. The molecule has 2 fully saturated rings. The molecule has 8 rings (SSSR count). The van der Waals surface area contributed by atoms with Crippen molar-refractivity contribution in [3.05, 3.63) is 88.3 Å². The highest BCUT2D eigenvalue weighted by atomic mass is 35.5. The van der Waals surface area contributed by atoms with Crippen molar-refractivity contribution in [2.45, 2.75) is 81.2 Å². The fourth-order valence-electron chi connectivity index (χ4n) is 6.42. The van der Waals surface area contributed by atoms with Gasteiger partial charge in [0.15, 0.2) is 28.7 Å².